The molecule has 0 amide bonds. The first-order chi connectivity index (χ1) is 10.8. The van der Waals surface area contributed by atoms with Crippen LogP contribution < -0.4 is 10.1 Å². The number of nitrogens with zero attached hydrogens (tertiary/aromatic N) is 1. The Hall–Kier alpha value is -1.17. The number of hydrogen-bond donors (Lipinski definition) is 1. The van der Waals surface area contributed by atoms with Crippen LogP contribution in [0.15, 0.2) is 18.2 Å². The molecule has 0 unspecified atom stereocenters. The van der Waals surface area contributed by atoms with E-state index in [9.17, 15) is 4.39 Å². The van der Waals surface area contributed by atoms with Gasteiger partial charge < -0.3 is 14.8 Å². The van der Waals surface area contributed by atoms with Crippen molar-refractivity contribution in [3.8, 4) is 5.75 Å². The molecule has 0 saturated carbocycles. The highest BCUT2D eigenvalue weighted by molar-refractivity contribution is 5.38. The summed E-state index contributed by atoms with van der Waals surface area (Å²) in [5, 5.41) is 3.39. The third-order valence-electron chi connectivity index (χ3n) is 4.78. The Bertz CT molecular complexity index is 468. The monoisotopic (exact) mass is 308 g/mol. The number of benzene rings is 1. The molecule has 1 aromatic carbocycles. The van der Waals surface area contributed by atoms with Gasteiger partial charge in [0.25, 0.3) is 0 Å². The van der Waals surface area contributed by atoms with Crippen LogP contribution in [0.1, 0.15) is 24.4 Å². The molecule has 2 fully saturated rings. The van der Waals surface area contributed by atoms with Crippen LogP contribution in [0.5, 0.6) is 5.75 Å². The maximum atomic E-state index is 14.2. The first kappa shape index (κ1) is 15.7. The third-order valence-corrected chi connectivity index (χ3v) is 4.78. The van der Waals surface area contributed by atoms with E-state index in [-0.39, 0.29) is 11.9 Å². The first-order valence-electron chi connectivity index (χ1n) is 8.16. The van der Waals surface area contributed by atoms with E-state index < -0.39 is 0 Å². The largest absolute Gasteiger partial charge is 0.493 e. The molecule has 2 saturated heterocycles. The number of piperazine rings is 1. The van der Waals surface area contributed by atoms with Crippen molar-refractivity contribution >= 4 is 0 Å². The fraction of sp³-hybridized carbons (Fsp3) is 0.647. The molecule has 2 aliphatic heterocycles. The molecule has 0 spiro atoms. The summed E-state index contributed by atoms with van der Waals surface area (Å²) in [7, 11) is 1.56. The van der Waals surface area contributed by atoms with Gasteiger partial charge >= 0.3 is 0 Å². The molecule has 1 aromatic rings. The molecule has 0 aromatic heterocycles. The number of ether oxygens (including phenoxy) is 2. The molecule has 1 atom stereocenters. The lowest BCUT2D eigenvalue weighted by atomic mass is 9.85. The maximum Gasteiger partial charge on any atom is 0.165 e. The highest BCUT2D eigenvalue weighted by Crippen LogP contribution is 2.40. The van der Waals surface area contributed by atoms with Crippen LogP contribution in [0.25, 0.3) is 0 Å². The molecule has 1 N–H and O–H groups in total. The van der Waals surface area contributed by atoms with Crippen LogP contribution in [0.4, 0.5) is 4.39 Å². The minimum atomic E-state index is -0.271. The molecule has 5 heteroatoms. The van der Waals surface area contributed by atoms with Crippen LogP contribution in [-0.2, 0) is 4.74 Å². The predicted octanol–water partition coefficient (Wildman–Crippen LogP) is 2.21. The van der Waals surface area contributed by atoms with Gasteiger partial charge in [-0.1, -0.05) is 12.1 Å². The molecule has 0 aliphatic carbocycles. The van der Waals surface area contributed by atoms with Crippen molar-refractivity contribution in [3.05, 3.63) is 29.6 Å². The molecule has 22 heavy (non-hydrogen) atoms. The number of methoxy groups -OCH3 is 1. The second-order valence-corrected chi connectivity index (χ2v) is 6.04. The number of halogens is 1. The van der Waals surface area contributed by atoms with Gasteiger partial charge in [-0.3, -0.25) is 4.90 Å². The zero-order valence-corrected chi connectivity index (χ0v) is 13.2. The summed E-state index contributed by atoms with van der Waals surface area (Å²) in [6.45, 7) is 5.54. The van der Waals surface area contributed by atoms with Gasteiger partial charge in [0.2, 0.25) is 0 Å². The number of rotatable bonds is 4. The molecular weight excluding hydrogens is 283 g/mol. The summed E-state index contributed by atoms with van der Waals surface area (Å²) in [6.07, 6.45) is 2.04. The summed E-state index contributed by atoms with van der Waals surface area (Å²) < 4.78 is 25.1. The summed E-state index contributed by atoms with van der Waals surface area (Å²) in [5.41, 5.74) is 0.983. The lowest BCUT2D eigenvalue weighted by molar-refractivity contribution is 0.0205. The van der Waals surface area contributed by atoms with E-state index in [4.69, 9.17) is 9.47 Å². The van der Waals surface area contributed by atoms with Crippen molar-refractivity contribution in [1.29, 1.82) is 0 Å². The first-order valence-corrected chi connectivity index (χ1v) is 8.16. The predicted molar refractivity (Wildman–Crippen MR) is 83.7 cm³/mol. The van der Waals surface area contributed by atoms with Crippen LogP contribution in [0.2, 0.25) is 0 Å². The lowest BCUT2D eigenvalue weighted by Crippen LogP contribution is -2.47. The van der Waals surface area contributed by atoms with E-state index in [2.05, 4.69) is 10.2 Å². The third kappa shape index (κ3) is 3.26. The Morgan fingerprint density at radius 2 is 2.00 bits per heavy atom. The summed E-state index contributed by atoms with van der Waals surface area (Å²) in [6, 6.07) is 5.49. The maximum absolute atomic E-state index is 14.2. The van der Waals surface area contributed by atoms with Crippen molar-refractivity contribution in [3.63, 3.8) is 0 Å². The van der Waals surface area contributed by atoms with Crippen LogP contribution in [0, 0.1) is 11.7 Å². The summed E-state index contributed by atoms with van der Waals surface area (Å²) in [4.78, 5) is 2.48. The highest BCUT2D eigenvalue weighted by atomic mass is 19.1. The van der Waals surface area contributed by atoms with E-state index in [1.165, 1.54) is 6.07 Å². The van der Waals surface area contributed by atoms with Gasteiger partial charge in [-0.2, -0.15) is 0 Å². The molecule has 2 heterocycles. The Morgan fingerprint density at radius 1 is 1.27 bits per heavy atom. The quantitative estimate of drug-likeness (QED) is 0.925. The minimum Gasteiger partial charge on any atom is -0.493 e. The second-order valence-electron chi connectivity index (χ2n) is 6.04. The Labute approximate surface area is 131 Å². The topological polar surface area (TPSA) is 33.7 Å². The normalized spacial score (nSPS) is 22.5. The molecule has 2 aliphatic rings. The van der Waals surface area contributed by atoms with E-state index in [0.717, 1.165) is 57.8 Å². The van der Waals surface area contributed by atoms with Gasteiger partial charge in [0.15, 0.2) is 11.6 Å². The lowest BCUT2D eigenvalue weighted by Gasteiger charge is -2.41. The standard InChI is InChI=1S/C17H25FN2O2/c1-21-17-14(3-2-4-15(17)18)16(13-5-11-22-12-6-13)20-9-7-19-8-10-20/h2-4,13,16,19H,5-12H2,1H3/t16-/m0/s1. The van der Waals surface area contributed by atoms with Crippen molar-refractivity contribution in [2.75, 3.05) is 46.5 Å². The van der Waals surface area contributed by atoms with Gasteiger partial charge in [0.1, 0.15) is 0 Å². The summed E-state index contributed by atoms with van der Waals surface area (Å²) >= 11 is 0. The smallest absolute Gasteiger partial charge is 0.165 e. The van der Waals surface area contributed by atoms with Gasteiger partial charge in [0.05, 0.1) is 7.11 Å². The molecule has 0 radical (unpaired) electrons. The minimum absolute atomic E-state index is 0.205. The summed E-state index contributed by atoms with van der Waals surface area (Å²) in [5.74, 6) is 0.618. The van der Waals surface area contributed by atoms with Crippen molar-refractivity contribution < 1.29 is 13.9 Å². The SMILES string of the molecule is COc1c(F)cccc1[C@H](C1CCOCC1)N1CCNCC1. The van der Waals surface area contributed by atoms with Gasteiger partial charge in [-0.05, 0) is 24.8 Å². The number of hydrogen-bond acceptors (Lipinski definition) is 4. The molecule has 0 bridgehead atoms. The van der Waals surface area contributed by atoms with Crippen molar-refractivity contribution in [2.45, 2.75) is 18.9 Å². The molecule has 3 rings (SSSR count). The average molecular weight is 308 g/mol. The Balaban J connectivity index is 1.94. The van der Waals surface area contributed by atoms with Crippen molar-refractivity contribution in [1.82, 2.24) is 10.2 Å². The van der Waals surface area contributed by atoms with E-state index in [0.29, 0.717) is 11.7 Å². The fourth-order valence-electron chi connectivity index (χ4n) is 3.71. The van der Waals surface area contributed by atoms with E-state index >= 15 is 0 Å². The van der Waals surface area contributed by atoms with Crippen LogP contribution in [-0.4, -0.2) is 51.4 Å². The number of para-hydroxylation sites is 1. The Kier molecular flexibility index (Phi) is 5.28. The highest BCUT2D eigenvalue weighted by Gasteiger charge is 2.33. The zero-order chi connectivity index (χ0) is 15.4. The van der Waals surface area contributed by atoms with Gasteiger partial charge in [-0.15, -0.1) is 0 Å². The zero-order valence-electron chi connectivity index (χ0n) is 13.2. The van der Waals surface area contributed by atoms with E-state index in [1.54, 1.807) is 13.2 Å². The molecule has 4 nitrogen and oxygen atoms in total. The van der Waals surface area contributed by atoms with Crippen LogP contribution in [0.3, 0.4) is 0 Å². The van der Waals surface area contributed by atoms with Crippen LogP contribution >= 0.6 is 0 Å². The van der Waals surface area contributed by atoms with Gasteiger partial charge in [0, 0.05) is 51.0 Å². The Morgan fingerprint density at radius 3 is 2.68 bits per heavy atom. The number of nitrogens with one attached hydrogen (secondary N) is 1. The van der Waals surface area contributed by atoms with Crippen molar-refractivity contribution in [2.24, 2.45) is 5.92 Å². The van der Waals surface area contributed by atoms with E-state index in [1.807, 2.05) is 6.07 Å². The molecule has 122 valence electrons. The van der Waals surface area contributed by atoms with Gasteiger partial charge in [-0.25, -0.2) is 4.39 Å². The fourth-order valence-corrected chi connectivity index (χ4v) is 3.71. The molecular formula is C17H25FN2O2. The average Bonchev–Trinajstić information content (AvgIpc) is 2.57. The second kappa shape index (κ2) is 7.40.